The molecule has 3 aliphatic heterocycles. The lowest BCUT2D eigenvalue weighted by Crippen LogP contribution is -2.47. The van der Waals surface area contributed by atoms with Gasteiger partial charge in [0.2, 0.25) is 0 Å². The van der Waals surface area contributed by atoms with E-state index in [9.17, 15) is 9.59 Å². The average Bonchev–Trinajstić information content (AvgIpc) is 2.65. The van der Waals surface area contributed by atoms with E-state index in [1.807, 2.05) is 12.2 Å². The summed E-state index contributed by atoms with van der Waals surface area (Å²) >= 11 is 0. The van der Waals surface area contributed by atoms with Crippen LogP contribution in [-0.2, 0) is 27.9 Å². The highest BCUT2D eigenvalue weighted by Crippen LogP contribution is 2.53. The Morgan fingerprint density at radius 1 is 1.17 bits per heavy atom. The Labute approximate surface area is 175 Å². The zero-order valence-electron chi connectivity index (χ0n) is 18.3. The van der Waals surface area contributed by atoms with Crippen LogP contribution in [0.1, 0.15) is 48.0 Å². The van der Waals surface area contributed by atoms with Crippen molar-refractivity contribution in [1.82, 2.24) is 0 Å². The first-order chi connectivity index (χ1) is 13.4. The largest absolute Gasteiger partial charge is 0.462 e. The van der Waals surface area contributed by atoms with Gasteiger partial charge in [-0.1, -0.05) is 53.7 Å². The molecule has 4 aliphatic rings. The first-order valence-corrected chi connectivity index (χ1v) is 11.3. The summed E-state index contributed by atoms with van der Waals surface area (Å²) in [6.07, 6.45) is 6.07. The third-order valence-electron chi connectivity index (χ3n) is 5.75. The third-order valence-corrected chi connectivity index (χ3v) is 6.77. The lowest BCUT2D eigenvalue weighted by atomic mass is 9.65. The smallest absolute Gasteiger partial charge is 0.332 e. The van der Waals surface area contributed by atoms with Crippen LogP contribution >= 0.6 is 8.60 Å². The van der Waals surface area contributed by atoms with Gasteiger partial charge in [0.25, 0.3) is 0 Å². The SMILES string of the molecule is CC(C)(C)C1=CC(C=CC(=O)OCC23COP(OC2)OC3)CC(C(C)(C)C)C1=O. The maximum absolute atomic E-state index is 13.0. The summed E-state index contributed by atoms with van der Waals surface area (Å²) in [6, 6.07) is 0. The number of hydrogen-bond donors (Lipinski definition) is 0. The van der Waals surface area contributed by atoms with E-state index in [-0.39, 0.29) is 35.1 Å². The summed E-state index contributed by atoms with van der Waals surface area (Å²) in [5.74, 6) is -0.213. The number of ketones is 1. The molecule has 0 radical (unpaired) electrons. The lowest BCUT2D eigenvalue weighted by Gasteiger charge is -2.43. The maximum Gasteiger partial charge on any atom is 0.332 e. The highest BCUT2D eigenvalue weighted by atomic mass is 31.2. The van der Waals surface area contributed by atoms with E-state index in [0.29, 0.717) is 26.2 Å². The minimum atomic E-state index is -1.20. The summed E-state index contributed by atoms with van der Waals surface area (Å²) in [7, 11) is -1.20. The number of allylic oxidation sites excluding steroid dienone is 3. The van der Waals surface area contributed by atoms with Crippen molar-refractivity contribution in [2.75, 3.05) is 26.4 Å². The van der Waals surface area contributed by atoms with E-state index >= 15 is 0 Å². The number of ether oxygens (including phenoxy) is 1. The predicted octanol–water partition coefficient (Wildman–Crippen LogP) is 4.60. The molecule has 0 aromatic heterocycles. The number of Topliss-reactive ketones (excluding diaryl/α,β-unsaturated/α-hetero) is 1. The van der Waals surface area contributed by atoms with Gasteiger partial charge in [-0.2, -0.15) is 0 Å². The lowest BCUT2D eigenvalue weighted by molar-refractivity contribution is -0.151. The average molecular weight is 424 g/mol. The van der Waals surface area contributed by atoms with Gasteiger partial charge in [0, 0.05) is 12.0 Å². The Morgan fingerprint density at radius 2 is 1.76 bits per heavy atom. The number of hydrogen-bond acceptors (Lipinski definition) is 6. The fourth-order valence-corrected chi connectivity index (χ4v) is 5.20. The molecule has 1 aliphatic carbocycles. The van der Waals surface area contributed by atoms with Crippen LogP contribution < -0.4 is 0 Å². The summed E-state index contributed by atoms with van der Waals surface area (Å²) < 4.78 is 21.8. The second-order valence-corrected chi connectivity index (χ2v) is 11.7. The zero-order chi connectivity index (χ0) is 21.4. The van der Waals surface area contributed by atoms with Crippen LogP contribution in [0.3, 0.4) is 0 Å². The van der Waals surface area contributed by atoms with Gasteiger partial charge < -0.3 is 18.3 Å². The molecule has 0 N–H and O–H groups in total. The van der Waals surface area contributed by atoms with Crippen molar-refractivity contribution in [3.05, 3.63) is 23.8 Å². The van der Waals surface area contributed by atoms with Crippen LogP contribution in [0.4, 0.5) is 0 Å². The van der Waals surface area contributed by atoms with E-state index < -0.39 is 20.0 Å². The number of fused-ring (bicyclic) bond motifs is 3. The molecule has 2 atom stereocenters. The first kappa shape index (κ1) is 22.6. The van der Waals surface area contributed by atoms with Gasteiger partial charge in [-0.05, 0) is 28.7 Å². The number of carbonyl (C=O) groups excluding carboxylic acids is 2. The molecule has 2 bridgehead atoms. The standard InChI is InChI=1S/C22H33O6P/c1-20(2,3)16-9-15(10-17(19(16)24)21(4,5)6)7-8-18(23)25-11-22-12-26-29(27-13-22)28-14-22/h7-9,15,17H,10-14H2,1-6H3. The second kappa shape index (κ2) is 8.22. The van der Waals surface area contributed by atoms with Gasteiger partial charge in [-0.15, -0.1) is 0 Å². The van der Waals surface area contributed by atoms with Crippen molar-refractivity contribution in [2.24, 2.45) is 28.1 Å². The monoisotopic (exact) mass is 424 g/mol. The molecule has 0 saturated carbocycles. The van der Waals surface area contributed by atoms with Crippen LogP contribution in [0, 0.1) is 28.1 Å². The van der Waals surface area contributed by atoms with Crippen molar-refractivity contribution in [3.8, 4) is 0 Å². The normalized spacial score (nSPS) is 33.1. The van der Waals surface area contributed by atoms with Crippen LogP contribution in [0.2, 0.25) is 0 Å². The van der Waals surface area contributed by atoms with Crippen molar-refractivity contribution >= 4 is 20.4 Å². The molecular formula is C22H33O6P. The van der Waals surface area contributed by atoms with Crippen molar-refractivity contribution < 1.29 is 27.9 Å². The molecule has 3 heterocycles. The van der Waals surface area contributed by atoms with Gasteiger partial charge in [0.15, 0.2) is 5.78 Å². The quantitative estimate of drug-likeness (QED) is 0.373. The molecule has 0 aromatic rings. The summed E-state index contributed by atoms with van der Waals surface area (Å²) in [5.41, 5.74) is 0.0790. The summed E-state index contributed by atoms with van der Waals surface area (Å²) in [5, 5.41) is 0. The van der Waals surface area contributed by atoms with Crippen molar-refractivity contribution in [2.45, 2.75) is 48.0 Å². The van der Waals surface area contributed by atoms with Gasteiger partial charge >= 0.3 is 14.6 Å². The molecular weight excluding hydrogens is 391 g/mol. The number of esters is 1. The summed E-state index contributed by atoms with van der Waals surface area (Å²) in [6.45, 7) is 14.2. The van der Waals surface area contributed by atoms with Crippen LogP contribution in [-0.4, -0.2) is 38.2 Å². The topological polar surface area (TPSA) is 71.1 Å². The Balaban J connectivity index is 1.65. The van der Waals surface area contributed by atoms with Gasteiger partial charge in [0.05, 0.1) is 25.2 Å². The van der Waals surface area contributed by atoms with Crippen LogP contribution in [0.25, 0.3) is 0 Å². The molecule has 29 heavy (non-hydrogen) atoms. The van der Waals surface area contributed by atoms with E-state index in [0.717, 1.165) is 5.57 Å². The molecule has 2 unspecified atom stereocenters. The van der Waals surface area contributed by atoms with Gasteiger partial charge in [-0.3, -0.25) is 4.79 Å². The van der Waals surface area contributed by atoms with Gasteiger partial charge in [0.1, 0.15) is 6.61 Å². The van der Waals surface area contributed by atoms with Crippen molar-refractivity contribution in [3.63, 3.8) is 0 Å². The van der Waals surface area contributed by atoms with Crippen LogP contribution in [0.5, 0.6) is 0 Å². The Bertz CT molecular complexity index is 690. The maximum atomic E-state index is 13.0. The Kier molecular flexibility index (Phi) is 6.41. The van der Waals surface area contributed by atoms with E-state index in [1.165, 1.54) is 6.08 Å². The molecule has 6 nitrogen and oxygen atoms in total. The summed E-state index contributed by atoms with van der Waals surface area (Å²) in [4.78, 5) is 25.3. The van der Waals surface area contributed by atoms with Gasteiger partial charge in [-0.25, -0.2) is 4.79 Å². The molecule has 162 valence electrons. The molecule has 3 saturated heterocycles. The van der Waals surface area contributed by atoms with Crippen LogP contribution in [0.15, 0.2) is 23.8 Å². The fourth-order valence-electron chi connectivity index (χ4n) is 3.84. The van der Waals surface area contributed by atoms with E-state index in [1.54, 1.807) is 0 Å². The molecule has 0 aromatic carbocycles. The minimum absolute atomic E-state index is 0.0276. The fraction of sp³-hybridized carbons (Fsp3) is 0.727. The number of rotatable bonds is 4. The Hall–Kier alpha value is -1.07. The van der Waals surface area contributed by atoms with Crippen molar-refractivity contribution in [1.29, 1.82) is 0 Å². The van der Waals surface area contributed by atoms with E-state index in [2.05, 4.69) is 41.5 Å². The zero-order valence-corrected chi connectivity index (χ0v) is 19.2. The molecule has 0 spiro atoms. The first-order valence-electron chi connectivity index (χ1n) is 10.2. The Morgan fingerprint density at radius 3 is 2.28 bits per heavy atom. The molecule has 0 amide bonds. The molecule has 7 heteroatoms. The second-order valence-electron chi connectivity index (χ2n) is 10.5. The molecule has 4 rings (SSSR count). The minimum Gasteiger partial charge on any atom is -0.462 e. The highest BCUT2D eigenvalue weighted by molar-refractivity contribution is 7.41. The van der Waals surface area contributed by atoms with E-state index in [4.69, 9.17) is 18.3 Å². The predicted molar refractivity (Wildman–Crippen MR) is 111 cm³/mol. The molecule has 3 fully saturated rings. The number of carbonyl (C=O) groups is 2. The third kappa shape index (κ3) is 5.35. The highest BCUT2D eigenvalue weighted by Gasteiger charge is 2.46.